The number of hydrogen-bond donors (Lipinski definition) is 0. The zero-order valence-electron chi connectivity index (χ0n) is 26.2. The Morgan fingerprint density at radius 1 is 0.347 bits per heavy atom. The van der Waals surface area contributed by atoms with Gasteiger partial charge in [0.1, 0.15) is 22.5 Å². The van der Waals surface area contributed by atoms with Crippen LogP contribution in [-0.2, 0) is 0 Å². The third-order valence-corrected chi connectivity index (χ3v) is 11.3. The van der Waals surface area contributed by atoms with Crippen LogP contribution < -0.4 is 0 Å². The lowest BCUT2D eigenvalue weighted by Gasteiger charge is -2.18. The fraction of sp³-hybridized carbons (Fsp3) is 0. The summed E-state index contributed by atoms with van der Waals surface area (Å²) >= 11 is 1.88. The summed E-state index contributed by atoms with van der Waals surface area (Å²) in [7, 11) is 0. The molecule has 11 rings (SSSR count). The van der Waals surface area contributed by atoms with Crippen LogP contribution in [0.25, 0.3) is 108 Å². The molecule has 49 heavy (non-hydrogen) atoms. The van der Waals surface area contributed by atoms with Crippen molar-refractivity contribution in [2.45, 2.75) is 0 Å². The molecule has 0 aliphatic carbocycles. The molecule has 0 radical (unpaired) electrons. The third-order valence-electron chi connectivity index (χ3n) is 10.1. The minimum atomic E-state index is 0.847. The van der Waals surface area contributed by atoms with E-state index in [1.807, 2.05) is 29.5 Å². The van der Waals surface area contributed by atoms with E-state index in [4.69, 9.17) is 8.83 Å². The van der Waals surface area contributed by atoms with Crippen molar-refractivity contribution in [1.29, 1.82) is 0 Å². The number of rotatable bonds is 3. The van der Waals surface area contributed by atoms with Crippen LogP contribution in [0.4, 0.5) is 0 Å². The number of hydrogen-bond acceptors (Lipinski definition) is 3. The van der Waals surface area contributed by atoms with E-state index >= 15 is 0 Å². The van der Waals surface area contributed by atoms with Crippen LogP contribution in [0.15, 0.2) is 167 Å². The van der Waals surface area contributed by atoms with Gasteiger partial charge in [-0.2, -0.15) is 0 Å². The molecule has 0 aliphatic heterocycles. The third kappa shape index (κ3) is 3.76. The molecule has 3 aromatic heterocycles. The van der Waals surface area contributed by atoms with Crippen molar-refractivity contribution in [1.82, 2.24) is 0 Å². The van der Waals surface area contributed by atoms with Gasteiger partial charge in [0.15, 0.2) is 0 Å². The van der Waals surface area contributed by atoms with Crippen molar-refractivity contribution in [3.63, 3.8) is 0 Å². The number of furan rings is 2. The first-order valence-corrected chi connectivity index (χ1v) is 17.4. The number of para-hydroxylation sites is 1. The zero-order valence-corrected chi connectivity index (χ0v) is 27.1. The van der Waals surface area contributed by atoms with E-state index in [-0.39, 0.29) is 0 Å². The normalized spacial score (nSPS) is 12.1. The molecule has 0 fully saturated rings. The molecule has 0 N–H and O–H groups in total. The van der Waals surface area contributed by atoms with Gasteiger partial charge in [0.2, 0.25) is 0 Å². The lowest BCUT2D eigenvalue weighted by Crippen LogP contribution is -1.92. The van der Waals surface area contributed by atoms with E-state index in [1.54, 1.807) is 0 Å². The molecule has 0 atom stereocenters. The summed E-state index contributed by atoms with van der Waals surface area (Å²) in [5.41, 5.74) is 8.42. The predicted molar refractivity (Wildman–Crippen MR) is 208 cm³/mol. The molecular formula is C46H26O2S. The van der Waals surface area contributed by atoms with Crippen molar-refractivity contribution in [3.8, 4) is 33.6 Å². The molecule has 0 unspecified atom stereocenters. The van der Waals surface area contributed by atoms with Crippen LogP contribution in [0, 0.1) is 0 Å². The van der Waals surface area contributed by atoms with E-state index in [2.05, 4.69) is 140 Å². The van der Waals surface area contributed by atoms with Crippen molar-refractivity contribution >= 4 is 86.0 Å². The Morgan fingerprint density at radius 2 is 0.918 bits per heavy atom. The first-order chi connectivity index (χ1) is 24.3. The predicted octanol–water partition coefficient (Wildman–Crippen LogP) is 14.0. The van der Waals surface area contributed by atoms with Crippen molar-refractivity contribution < 1.29 is 8.83 Å². The van der Waals surface area contributed by atoms with E-state index in [0.29, 0.717) is 0 Å². The van der Waals surface area contributed by atoms with Crippen LogP contribution in [0.1, 0.15) is 0 Å². The van der Waals surface area contributed by atoms with Gasteiger partial charge in [-0.25, -0.2) is 0 Å². The average molecular weight is 643 g/mol. The number of fused-ring (bicyclic) bond motifs is 10. The average Bonchev–Trinajstić information content (AvgIpc) is 3.85. The summed E-state index contributed by atoms with van der Waals surface area (Å²) in [4.78, 5) is 0. The SMILES string of the molecule is c1ccc(-c2oc3ccc4oc5ccccc5c4c3c2-c2c3ccccc3c(-c3cccc4c3sc3ccccc34)c3ccccc23)cc1. The van der Waals surface area contributed by atoms with E-state index < -0.39 is 0 Å². The summed E-state index contributed by atoms with van der Waals surface area (Å²) in [6, 6.07) is 56.3. The monoisotopic (exact) mass is 642 g/mol. The highest BCUT2D eigenvalue weighted by Gasteiger charge is 2.27. The fourth-order valence-electron chi connectivity index (χ4n) is 8.07. The zero-order chi connectivity index (χ0) is 32.1. The minimum Gasteiger partial charge on any atom is -0.456 e. The lowest BCUT2D eigenvalue weighted by atomic mass is 9.84. The Balaban J connectivity index is 1.35. The summed E-state index contributed by atoms with van der Waals surface area (Å²) in [6.07, 6.45) is 0. The fourth-order valence-corrected chi connectivity index (χ4v) is 9.29. The number of benzene rings is 8. The Kier molecular flexibility index (Phi) is 5.57. The highest BCUT2D eigenvalue weighted by Crippen LogP contribution is 2.53. The second-order valence-corrected chi connectivity index (χ2v) is 13.8. The molecule has 3 heterocycles. The van der Waals surface area contributed by atoms with E-state index in [0.717, 1.165) is 49.8 Å². The van der Waals surface area contributed by atoms with Gasteiger partial charge in [0.05, 0.1) is 0 Å². The van der Waals surface area contributed by atoms with Gasteiger partial charge in [-0.05, 0) is 51.4 Å². The molecule has 0 spiro atoms. The molecular weight excluding hydrogens is 617 g/mol. The van der Waals surface area contributed by atoms with Crippen LogP contribution >= 0.6 is 11.3 Å². The molecule has 0 aliphatic rings. The smallest absolute Gasteiger partial charge is 0.143 e. The highest BCUT2D eigenvalue weighted by molar-refractivity contribution is 7.26. The minimum absolute atomic E-state index is 0.847. The van der Waals surface area contributed by atoms with Gasteiger partial charge >= 0.3 is 0 Å². The maximum absolute atomic E-state index is 6.93. The second kappa shape index (κ2) is 10.2. The molecule has 228 valence electrons. The molecule has 0 bridgehead atoms. The van der Waals surface area contributed by atoms with Crippen molar-refractivity contribution in [3.05, 3.63) is 158 Å². The Labute approximate surface area is 285 Å². The molecule has 11 aromatic rings. The van der Waals surface area contributed by atoms with Gasteiger partial charge in [0.25, 0.3) is 0 Å². The first-order valence-electron chi connectivity index (χ1n) is 16.6. The largest absolute Gasteiger partial charge is 0.456 e. The van der Waals surface area contributed by atoms with E-state index in [1.165, 1.54) is 58.4 Å². The molecule has 0 saturated carbocycles. The maximum Gasteiger partial charge on any atom is 0.143 e. The topological polar surface area (TPSA) is 26.3 Å². The summed E-state index contributed by atoms with van der Waals surface area (Å²) in [6.45, 7) is 0. The van der Waals surface area contributed by atoms with Gasteiger partial charge < -0.3 is 8.83 Å². The van der Waals surface area contributed by atoms with Crippen molar-refractivity contribution in [2.75, 3.05) is 0 Å². The number of thiophene rings is 1. The standard InChI is InChI=1S/C46H26O2S/c1-2-13-27(14-3-1)45-44(43-38(48-45)26-25-37-42(43)34-20-8-10-23-36(34)47-37)41-31-18-6-4-16-29(31)40(30-17-5-7-19-32(30)41)35-22-12-21-33-28-15-9-11-24-39(28)49-46(33)35/h1-26H. The Bertz CT molecular complexity index is 3050. The summed E-state index contributed by atoms with van der Waals surface area (Å²) in [5.74, 6) is 0.864. The molecule has 0 saturated heterocycles. The van der Waals surface area contributed by atoms with Crippen molar-refractivity contribution in [2.24, 2.45) is 0 Å². The van der Waals surface area contributed by atoms with Gasteiger partial charge in [-0.15, -0.1) is 11.3 Å². The second-order valence-electron chi connectivity index (χ2n) is 12.7. The van der Waals surface area contributed by atoms with Crippen LogP contribution in [0.3, 0.4) is 0 Å². The summed E-state index contributed by atoms with van der Waals surface area (Å²) in [5, 5.41) is 10.7. The van der Waals surface area contributed by atoms with Crippen LogP contribution in [0.5, 0.6) is 0 Å². The quantitative estimate of drug-likeness (QED) is 0.179. The highest BCUT2D eigenvalue weighted by atomic mass is 32.1. The molecule has 2 nitrogen and oxygen atoms in total. The summed E-state index contributed by atoms with van der Waals surface area (Å²) < 4.78 is 16.0. The molecule has 3 heteroatoms. The van der Waals surface area contributed by atoms with Crippen LogP contribution in [0.2, 0.25) is 0 Å². The first kappa shape index (κ1) is 26.9. The molecule has 0 amide bonds. The van der Waals surface area contributed by atoms with Gasteiger partial charge in [0, 0.05) is 58.6 Å². The maximum atomic E-state index is 6.93. The van der Waals surface area contributed by atoms with Crippen LogP contribution in [-0.4, -0.2) is 0 Å². The van der Waals surface area contributed by atoms with Gasteiger partial charge in [-0.1, -0.05) is 133 Å². The van der Waals surface area contributed by atoms with Gasteiger partial charge in [-0.3, -0.25) is 0 Å². The Hall–Kier alpha value is -6.16. The molecule has 8 aromatic carbocycles. The van der Waals surface area contributed by atoms with E-state index in [9.17, 15) is 0 Å². The lowest BCUT2D eigenvalue weighted by molar-refractivity contribution is 0.632. The Morgan fingerprint density at radius 3 is 1.65 bits per heavy atom.